The second-order valence-corrected chi connectivity index (χ2v) is 7.11. The van der Waals surface area contributed by atoms with Gasteiger partial charge in [-0.25, -0.2) is 4.39 Å². The zero-order valence-electron chi connectivity index (χ0n) is 17.5. The SMILES string of the molecule is COc1ccc(CCNC(=O)C(NC(=O)c2ccc(F)cc2)C(C)C)cc1OC(F)F. The molecule has 0 radical (unpaired) electrons. The zero-order chi connectivity index (χ0) is 23.0. The first kappa shape index (κ1) is 24.0. The highest BCUT2D eigenvalue weighted by Gasteiger charge is 2.24. The molecule has 0 fully saturated rings. The number of carbonyl (C=O) groups is 2. The fourth-order valence-corrected chi connectivity index (χ4v) is 2.87. The van der Waals surface area contributed by atoms with Gasteiger partial charge in [-0.05, 0) is 54.3 Å². The lowest BCUT2D eigenvalue weighted by Gasteiger charge is -2.22. The van der Waals surface area contributed by atoms with Gasteiger partial charge in [0.2, 0.25) is 5.91 Å². The summed E-state index contributed by atoms with van der Waals surface area (Å²) in [5, 5.41) is 5.39. The van der Waals surface area contributed by atoms with Crippen LogP contribution in [0, 0.1) is 11.7 Å². The molecule has 2 N–H and O–H groups in total. The van der Waals surface area contributed by atoms with Crippen LogP contribution in [0.4, 0.5) is 13.2 Å². The summed E-state index contributed by atoms with van der Waals surface area (Å²) in [6.07, 6.45) is 0.353. The minimum absolute atomic E-state index is 0.0899. The molecule has 0 aliphatic heterocycles. The summed E-state index contributed by atoms with van der Waals surface area (Å²) in [6, 6.07) is 8.82. The van der Waals surface area contributed by atoms with Crippen LogP contribution < -0.4 is 20.1 Å². The summed E-state index contributed by atoms with van der Waals surface area (Å²) in [5.41, 5.74) is 0.901. The standard InChI is InChI=1S/C22H25F3N2O4/c1-13(2)19(27-20(28)15-5-7-16(23)8-6-15)21(29)26-11-10-14-4-9-17(30-3)18(12-14)31-22(24)25/h4-9,12-13,19,22H,10-11H2,1-3H3,(H,26,29)(H,27,28). The van der Waals surface area contributed by atoms with Crippen molar-refractivity contribution < 1.29 is 32.2 Å². The van der Waals surface area contributed by atoms with Gasteiger partial charge in [-0.3, -0.25) is 9.59 Å². The summed E-state index contributed by atoms with van der Waals surface area (Å²) >= 11 is 0. The smallest absolute Gasteiger partial charge is 0.387 e. The summed E-state index contributed by atoms with van der Waals surface area (Å²) in [7, 11) is 1.35. The van der Waals surface area contributed by atoms with Gasteiger partial charge in [-0.15, -0.1) is 0 Å². The van der Waals surface area contributed by atoms with E-state index in [-0.39, 0.29) is 35.4 Å². The first-order valence-corrected chi connectivity index (χ1v) is 9.67. The summed E-state index contributed by atoms with van der Waals surface area (Å²) in [6.45, 7) is 0.800. The number of methoxy groups -OCH3 is 1. The van der Waals surface area contributed by atoms with Gasteiger partial charge in [-0.2, -0.15) is 8.78 Å². The lowest BCUT2D eigenvalue weighted by atomic mass is 10.0. The largest absolute Gasteiger partial charge is 0.493 e. The number of carbonyl (C=O) groups excluding carboxylic acids is 2. The molecule has 9 heteroatoms. The number of ether oxygens (including phenoxy) is 2. The Labute approximate surface area is 178 Å². The zero-order valence-corrected chi connectivity index (χ0v) is 17.5. The molecule has 1 unspecified atom stereocenters. The molecule has 1 atom stereocenters. The Hall–Kier alpha value is -3.23. The maximum atomic E-state index is 13.0. The van der Waals surface area contributed by atoms with Crippen LogP contribution in [0.1, 0.15) is 29.8 Å². The third-order valence-electron chi connectivity index (χ3n) is 4.50. The second kappa shape index (κ2) is 11.2. The maximum Gasteiger partial charge on any atom is 0.387 e. The topological polar surface area (TPSA) is 76.7 Å². The van der Waals surface area contributed by atoms with Crippen LogP contribution in [-0.2, 0) is 11.2 Å². The second-order valence-electron chi connectivity index (χ2n) is 7.11. The Morgan fingerprint density at radius 3 is 2.29 bits per heavy atom. The first-order valence-electron chi connectivity index (χ1n) is 9.67. The Balaban J connectivity index is 1.96. The highest BCUT2D eigenvalue weighted by Crippen LogP contribution is 2.29. The third-order valence-corrected chi connectivity index (χ3v) is 4.50. The number of alkyl halides is 2. The highest BCUT2D eigenvalue weighted by molar-refractivity contribution is 5.97. The molecule has 2 rings (SSSR count). The van der Waals surface area contributed by atoms with E-state index in [1.807, 2.05) is 0 Å². The van der Waals surface area contributed by atoms with E-state index in [0.717, 1.165) is 0 Å². The van der Waals surface area contributed by atoms with Gasteiger partial charge < -0.3 is 20.1 Å². The van der Waals surface area contributed by atoms with Gasteiger partial charge in [0.15, 0.2) is 11.5 Å². The number of halogens is 3. The molecule has 2 aromatic carbocycles. The van der Waals surface area contributed by atoms with Crippen molar-refractivity contribution in [2.45, 2.75) is 32.9 Å². The van der Waals surface area contributed by atoms with Crippen LogP contribution in [-0.4, -0.2) is 38.1 Å². The van der Waals surface area contributed by atoms with E-state index >= 15 is 0 Å². The minimum Gasteiger partial charge on any atom is -0.493 e. The fourth-order valence-electron chi connectivity index (χ4n) is 2.87. The molecule has 0 heterocycles. The fraction of sp³-hybridized carbons (Fsp3) is 0.364. The molecule has 2 aromatic rings. The quantitative estimate of drug-likeness (QED) is 0.595. The summed E-state index contributed by atoms with van der Waals surface area (Å²) in [4.78, 5) is 24.9. The van der Waals surface area contributed by atoms with Crippen LogP contribution in [0.25, 0.3) is 0 Å². The normalized spacial score (nSPS) is 11.9. The van der Waals surface area contributed by atoms with Crippen molar-refractivity contribution in [2.24, 2.45) is 5.92 Å². The van der Waals surface area contributed by atoms with Crippen molar-refractivity contribution in [3.8, 4) is 11.5 Å². The number of amides is 2. The van der Waals surface area contributed by atoms with Crippen LogP contribution in [0.15, 0.2) is 42.5 Å². The summed E-state index contributed by atoms with van der Waals surface area (Å²) in [5.74, 6) is -1.45. The predicted molar refractivity (Wildman–Crippen MR) is 109 cm³/mol. The van der Waals surface area contributed by atoms with Crippen molar-refractivity contribution in [3.05, 3.63) is 59.4 Å². The Kier molecular flexibility index (Phi) is 8.72. The molecule has 6 nitrogen and oxygen atoms in total. The predicted octanol–water partition coefficient (Wildman–Crippen LogP) is 3.55. The van der Waals surface area contributed by atoms with Crippen molar-refractivity contribution in [2.75, 3.05) is 13.7 Å². The van der Waals surface area contributed by atoms with Crippen molar-refractivity contribution in [1.29, 1.82) is 0 Å². The van der Waals surface area contributed by atoms with Gasteiger partial charge in [0.05, 0.1) is 7.11 Å². The summed E-state index contributed by atoms with van der Waals surface area (Å²) < 4.78 is 47.6. The van der Waals surface area contributed by atoms with Crippen LogP contribution in [0.3, 0.4) is 0 Å². The van der Waals surface area contributed by atoms with E-state index in [9.17, 15) is 22.8 Å². The van der Waals surface area contributed by atoms with Gasteiger partial charge >= 0.3 is 6.61 Å². The van der Waals surface area contributed by atoms with E-state index in [0.29, 0.717) is 12.0 Å². The minimum atomic E-state index is -2.99. The molecule has 0 aliphatic rings. The average molecular weight is 438 g/mol. The van der Waals surface area contributed by atoms with E-state index in [2.05, 4.69) is 15.4 Å². The number of rotatable bonds is 10. The van der Waals surface area contributed by atoms with Gasteiger partial charge in [-0.1, -0.05) is 19.9 Å². The number of hydrogen-bond donors (Lipinski definition) is 2. The number of benzene rings is 2. The molecule has 0 aliphatic carbocycles. The van der Waals surface area contributed by atoms with Crippen molar-refractivity contribution >= 4 is 11.8 Å². The third kappa shape index (κ3) is 7.20. The van der Waals surface area contributed by atoms with Gasteiger partial charge in [0, 0.05) is 12.1 Å². The molecule has 0 saturated heterocycles. The average Bonchev–Trinajstić information content (AvgIpc) is 2.71. The van der Waals surface area contributed by atoms with Crippen LogP contribution in [0.5, 0.6) is 11.5 Å². The Morgan fingerprint density at radius 2 is 1.71 bits per heavy atom. The molecule has 31 heavy (non-hydrogen) atoms. The highest BCUT2D eigenvalue weighted by atomic mass is 19.3. The lowest BCUT2D eigenvalue weighted by molar-refractivity contribution is -0.123. The van der Waals surface area contributed by atoms with E-state index in [1.54, 1.807) is 19.9 Å². The lowest BCUT2D eigenvalue weighted by Crippen LogP contribution is -2.50. The molecule has 0 bridgehead atoms. The van der Waals surface area contributed by atoms with E-state index < -0.39 is 24.4 Å². The number of nitrogens with one attached hydrogen (secondary N) is 2. The van der Waals surface area contributed by atoms with Crippen LogP contribution in [0.2, 0.25) is 0 Å². The molecule has 0 saturated carbocycles. The Bertz CT molecular complexity index is 889. The Morgan fingerprint density at radius 1 is 1.03 bits per heavy atom. The number of hydrogen-bond acceptors (Lipinski definition) is 4. The van der Waals surface area contributed by atoms with E-state index in [4.69, 9.17) is 4.74 Å². The van der Waals surface area contributed by atoms with Crippen molar-refractivity contribution in [1.82, 2.24) is 10.6 Å². The van der Waals surface area contributed by atoms with Gasteiger partial charge in [0.25, 0.3) is 5.91 Å². The molecular weight excluding hydrogens is 413 g/mol. The van der Waals surface area contributed by atoms with Crippen molar-refractivity contribution in [3.63, 3.8) is 0 Å². The van der Waals surface area contributed by atoms with E-state index in [1.165, 1.54) is 43.5 Å². The monoisotopic (exact) mass is 438 g/mol. The molecule has 2 amide bonds. The first-order chi connectivity index (χ1) is 14.7. The maximum absolute atomic E-state index is 13.0. The molecule has 168 valence electrons. The van der Waals surface area contributed by atoms with Gasteiger partial charge in [0.1, 0.15) is 11.9 Å². The molecule has 0 spiro atoms. The van der Waals surface area contributed by atoms with Crippen LogP contribution >= 0.6 is 0 Å². The molecular formula is C22H25F3N2O4. The molecule has 0 aromatic heterocycles.